The van der Waals surface area contributed by atoms with E-state index in [1.807, 2.05) is 0 Å². The van der Waals surface area contributed by atoms with Crippen LogP contribution < -0.4 is 0 Å². The van der Waals surface area contributed by atoms with Crippen LogP contribution in [0.5, 0.6) is 0 Å². The largest absolute Gasteiger partial charge is 0.460 e. The Labute approximate surface area is 197 Å². The van der Waals surface area contributed by atoms with Gasteiger partial charge in [-0.3, -0.25) is 0 Å². The molecule has 0 aliphatic heterocycles. The summed E-state index contributed by atoms with van der Waals surface area (Å²) >= 11 is 0. The van der Waals surface area contributed by atoms with Gasteiger partial charge in [0, 0.05) is 12.0 Å². The Hall–Kier alpha value is -2.16. The smallest absolute Gasteiger partial charge is 0.460 e. The van der Waals surface area contributed by atoms with Gasteiger partial charge in [-0.05, 0) is 6.92 Å². The molecule has 0 aromatic rings. The molecule has 0 aromatic heterocycles. The minimum Gasteiger partial charge on any atom is -0.460 e. The molecular formula is C16H11F19O3. The number of aliphatic hydroxyl groups excluding tert-OH is 1. The van der Waals surface area contributed by atoms with E-state index < -0.39 is 84.2 Å². The number of aliphatic hydroxyl groups is 1. The van der Waals surface area contributed by atoms with Gasteiger partial charge in [0.05, 0.1) is 6.10 Å². The number of alkyl halides is 19. The number of carbonyl (C=O) groups is 1. The summed E-state index contributed by atoms with van der Waals surface area (Å²) in [5, 5.41) is 9.13. The Morgan fingerprint density at radius 3 is 1.34 bits per heavy atom. The summed E-state index contributed by atoms with van der Waals surface area (Å²) in [4.78, 5) is 11.0. The van der Waals surface area contributed by atoms with E-state index in [0.717, 1.165) is 6.92 Å². The highest BCUT2D eigenvalue weighted by Crippen LogP contribution is 2.67. The Kier molecular flexibility index (Phi) is 9.23. The van der Waals surface area contributed by atoms with E-state index in [-0.39, 0.29) is 0 Å². The van der Waals surface area contributed by atoms with Crippen LogP contribution in [0.25, 0.3) is 0 Å². The van der Waals surface area contributed by atoms with Crippen LogP contribution in [0.4, 0.5) is 83.4 Å². The Morgan fingerprint density at radius 1 is 0.658 bits per heavy atom. The number of carbonyl (C=O) groups excluding carboxylic acids is 1. The molecule has 0 rings (SSSR count). The molecule has 0 fully saturated rings. The zero-order valence-electron chi connectivity index (χ0n) is 17.6. The van der Waals surface area contributed by atoms with Crippen molar-refractivity contribution in [2.75, 3.05) is 6.61 Å². The minimum absolute atomic E-state index is 0.590. The van der Waals surface area contributed by atoms with Crippen LogP contribution in [0.3, 0.4) is 0 Å². The number of hydrogen-bond donors (Lipinski definition) is 1. The quantitative estimate of drug-likeness (QED) is 0.165. The van der Waals surface area contributed by atoms with Crippen molar-refractivity contribution in [1.29, 1.82) is 0 Å². The molecule has 0 aromatic carbocycles. The molecule has 3 nitrogen and oxygen atoms in total. The molecule has 0 saturated heterocycles. The van der Waals surface area contributed by atoms with Crippen LogP contribution in [0.1, 0.15) is 13.3 Å². The molecule has 38 heavy (non-hydrogen) atoms. The first-order valence-corrected chi connectivity index (χ1v) is 8.82. The van der Waals surface area contributed by atoms with Gasteiger partial charge in [-0.1, -0.05) is 6.58 Å². The molecule has 0 radical (unpaired) electrons. The van der Waals surface area contributed by atoms with E-state index in [1.54, 1.807) is 0 Å². The first kappa shape index (κ1) is 35.8. The van der Waals surface area contributed by atoms with Crippen molar-refractivity contribution in [2.45, 2.75) is 73.0 Å². The zero-order chi connectivity index (χ0) is 31.4. The second kappa shape index (κ2) is 9.79. The van der Waals surface area contributed by atoms with Gasteiger partial charge in [0.2, 0.25) is 0 Å². The van der Waals surface area contributed by atoms with Gasteiger partial charge in [-0.15, -0.1) is 0 Å². The third kappa shape index (κ3) is 5.19. The van der Waals surface area contributed by atoms with Gasteiger partial charge in [0.1, 0.15) is 6.61 Å². The van der Waals surface area contributed by atoms with Crippen LogP contribution >= 0.6 is 0 Å². The van der Waals surface area contributed by atoms with E-state index in [0.29, 0.717) is 0 Å². The highest BCUT2D eigenvalue weighted by molar-refractivity contribution is 5.86. The number of hydrogen-bond acceptors (Lipinski definition) is 3. The van der Waals surface area contributed by atoms with E-state index in [4.69, 9.17) is 5.11 Å². The van der Waals surface area contributed by atoms with Gasteiger partial charge >= 0.3 is 59.5 Å². The Balaban J connectivity index is 6.97. The fourth-order valence-electron chi connectivity index (χ4n) is 2.37. The molecule has 0 aliphatic rings. The maximum absolute atomic E-state index is 14.3. The lowest BCUT2D eigenvalue weighted by atomic mass is 9.78. The van der Waals surface area contributed by atoms with Gasteiger partial charge in [0.25, 0.3) is 0 Å². The predicted molar refractivity (Wildman–Crippen MR) is 82.0 cm³/mol. The van der Waals surface area contributed by atoms with Crippen molar-refractivity contribution in [3.63, 3.8) is 0 Å². The summed E-state index contributed by atoms with van der Waals surface area (Å²) in [6.07, 6.45) is -23.3. The number of rotatable bonds is 11. The molecule has 0 bridgehead atoms. The van der Waals surface area contributed by atoms with Crippen molar-refractivity contribution in [1.82, 2.24) is 0 Å². The summed E-state index contributed by atoms with van der Waals surface area (Å²) in [5.41, 5.74) is -9.60. The SMILES string of the molecule is C=C(C)C(=O)OCC(O)CC(F)(F)C(F)(F)C(F)(C(F)(F)F)C(F)(F)C(F)(F)C(F)(F)C(F)(F)C(F)(F)F. The van der Waals surface area contributed by atoms with Crippen molar-refractivity contribution >= 4 is 5.97 Å². The molecule has 0 heterocycles. The summed E-state index contributed by atoms with van der Waals surface area (Å²) in [6, 6.07) is 0. The third-order valence-electron chi connectivity index (χ3n) is 4.50. The average Bonchev–Trinajstić information content (AvgIpc) is 2.68. The van der Waals surface area contributed by atoms with Gasteiger partial charge < -0.3 is 9.84 Å². The summed E-state index contributed by atoms with van der Waals surface area (Å²) in [5.74, 6) is -52.8. The molecule has 0 aliphatic carbocycles. The van der Waals surface area contributed by atoms with E-state index in [9.17, 15) is 88.2 Å². The first-order chi connectivity index (χ1) is 16.2. The summed E-state index contributed by atoms with van der Waals surface area (Å²) in [6.45, 7) is 1.80. The molecule has 226 valence electrons. The normalized spacial score (nSPS) is 17.6. The second-order valence-electron chi connectivity index (χ2n) is 7.47. The van der Waals surface area contributed by atoms with Crippen LogP contribution in [-0.2, 0) is 9.53 Å². The number of esters is 1. The van der Waals surface area contributed by atoms with Crippen LogP contribution in [-0.4, -0.2) is 77.3 Å². The monoisotopic (exact) mass is 612 g/mol. The van der Waals surface area contributed by atoms with E-state index >= 15 is 0 Å². The molecule has 0 saturated carbocycles. The van der Waals surface area contributed by atoms with Crippen LogP contribution in [0, 0.1) is 0 Å². The topological polar surface area (TPSA) is 46.5 Å². The lowest BCUT2D eigenvalue weighted by Gasteiger charge is -2.46. The van der Waals surface area contributed by atoms with Crippen LogP contribution in [0.15, 0.2) is 12.2 Å². The Morgan fingerprint density at radius 2 is 1.03 bits per heavy atom. The number of ether oxygens (including phenoxy) is 1. The van der Waals surface area contributed by atoms with Crippen molar-refractivity contribution in [2.24, 2.45) is 0 Å². The van der Waals surface area contributed by atoms with Crippen molar-refractivity contribution < 1.29 is 98.1 Å². The highest BCUT2D eigenvalue weighted by atomic mass is 19.4. The number of halogens is 19. The van der Waals surface area contributed by atoms with Gasteiger partial charge in [0.15, 0.2) is 0 Å². The average molecular weight is 612 g/mol. The summed E-state index contributed by atoms with van der Waals surface area (Å²) < 4.78 is 256. The zero-order valence-corrected chi connectivity index (χ0v) is 17.6. The predicted octanol–water partition coefficient (Wildman–Crippen LogP) is 6.50. The standard InChI is InChI=1S/C16H11F19O3/c1-5(2)7(37)38-4-6(36)3-8(17,18)10(20,21)9(19,15(30,31)32)11(22,23)12(24,25)13(26,27)14(28,29)16(33,34)35/h6,36H,1,3-4H2,2H3. The third-order valence-corrected chi connectivity index (χ3v) is 4.50. The summed E-state index contributed by atoms with van der Waals surface area (Å²) in [7, 11) is 0. The molecule has 0 amide bonds. The fourth-order valence-corrected chi connectivity index (χ4v) is 2.37. The molecule has 2 unspecified atom stereocenters. The maximum Gasteiger partial charge on any atom is 0.460 e. The van der Waals surface area contributed by atoms with Gasteiger partial charge in [-0.2, -0.15) is 79.0 Å². The Bertz CT molecular complexity index is 887. The van der Waals surface area contributed by atoms with Crippen LogP contribution in [0.2, 0.25) is 0 Å². The molecule has 2 atom stereocenters. The van der Waals surface area contributed by atoms with Crippen molar-refractivity contribution in [3.05, 3.63) is 12.2 Å². The van der Waals surface area contributed by atoms with E-state index in [1.165, 1.54) is 0 Å². The fraction of sp³-hybridized carbons (Fsp3) is 0.812. The van der Waals surface area contributed by atoms with Crippen molar-refractivity contribution in [3.8, 4) is 0 Å². The molecular weight excluding hydrogens is 601 g/mol. The lowest BCUT2D eigenvalue weighted by Crippen LogP contribution is -2.79. The minimum atomic E-state index is -9.21. The van der Waals surface area contributed by atoms with Gasteiger partial charge in [-0.25, -0.2) is 9.18 Å². The van der Waals surface area contributed by atoms with E-state index in [2.05, 4.69) is 11.3 Å². The maximum atomic E-state index is 14.3. The molecule has 0 spiro atoms. The molecule has 1 N–H and O–H groups in total. The highest BCUT2D eigenvalue weighted by Gasteiger charge is 2.98. The first-order valence-electron chi connectivity index (χ1n) is 8.82. The molecule has 22 heteroatoms. The lowest BCUT2D eigenvalue weighted by molar-refractivity contribution is -0.473. The second-order valence-corrected chi connectivity index (χ2v) is 7.47.